The number of nitrogens with one attached hydrogen (secondary N) is 1. The highest BCUT2D eigenvalue weighted by Crippen LogP contribution is 1.80. The van der Waals surface area contributed by atoms with Crippen molar-refractivity contribution in [1.82, 2.24) is 5.32 Å². The smallest absolute Gasteiger partial charge is 0.0809 e. The zero-order valence-corrected chi connectivity index (χ0v) is 10.4. The molecule has 0 spiro atoms. The second-order valence-electron chi connectivity index (χ2n) is 3.25. The molecule has 0 saturated heterocycles. The Morgan fingerprint density at radius 2 is 1.67 bits per heavy atom. The van der Waals surface area contributed by atoms with Crippen LogP contribution in [0.4, 0.5) is 0 Å². The molecule has 0 radical (unpaired) electrons. The van der Waals surface area contributed by atoms with Gasteiger partial charge in [-0.1, -0.05) is 27.7 Å². The Morgan fingerprint density at radius 1 is 1.27 bits per heavy atom. The van der Waals surface area contributed by atoms with E-state index in [1.807, 2.05) is 6.07 Å². The fourth-order valence-corrected chi connectivity index (χ4v) is 0.771. The summed E-state index contributed by atoms with van der Waals surface area (Å²) in [5.74, 6) is 4.56. The number of nitrogens with zero attached hydrogens (tertiary/aromatic N) is 1. The van der Waals surface area contributed by atoms with Gasteiger partial charge in [-0.3, -0.25) is 0 Å². The van der Waals surface area contributed by atoms with Crippen LogP contribution >= 0.6 is 0 Å². The fraction of sp³-hybridized carbons (Fsp3) is 0.727. The Morgan fingerprint density at radius 3 is 1.73 bits per heavy atom. The molecule has 90 valence electrons. The summed E-state index contributed by atoms with van der Waals surface area (Å²) in [5.41, 5.74) is 0. The summed E-state index contributed by atoms with van der Waals surface area (Å²) >= 11 is 0. The summed E-state index contributed by atoms with van der Waals surface area (Å²) in [7, 11) is 0. The molecule has 0 rings (SSSR count). The van der Waals surface area contributed by atoms with E-state index in [4.69, 9.17) is 5.26 Å². The molecule has 0 atom stereocenters. The van der Waals surface area contributed by atoms with E-state index in [1.54, 1.807) is 0 Å². The van der Waals surface area contributed by atoms with Crippen LogP contribution in [0.5, 0.6) is 0 Å². The normalized spacial score (nSPS) is 8.40. The summed E-state index contributed by atoms with van der Waals surface area (Å²) in [6, 6.07) is 3.11. The molecule has 0 unspecified atom stereocenters. The van der Waals surface area contributed by atoms with E-state index in [2.05, 4.69) is 56.9 Å². The number of nitrogens with two attached hydrogens (primary N) is 1. The quantitative estimate of drug-likeness (QED) is 0.427. The molecule has 0 fully saturated rings. The van der Waals surface area contributed by atoms with Crippen LogP contribution in [0.15, 0.2) is 13.2 Å². The van der Waals surface area contributed by atoms with Gasteiger partial charge in [0, 0.05) is 12.1 Å². The van der Waals surface area contributed by atoms with Crippen LogP contribution in [0.25, 0.3) is 0 Å². The number of hydrogen-bond donors (Lipinski definition) is 2. The van der Waals surface area contributed by atoms with Crippen molar-refractivity contribution in [3.8, 4) is 6.07 Å². The maximum Gasteiger partial charge on any atom is 0.0809 e. The third-order valence-corrected chi connectivity index (χ3v) is 0.998. The third kappa shape index (κ3) is 43.3. The van der Waals surface area contributed by atoms with Crippen LogP contribution in [0.2, 0.25) is 0 Å². The van der Waals surface area contributed by atoms with Gasteiger partial charge in [0.05, 0.1) is 19.1 Å². The molecule has 4 nitrogen and oxygen atoms in total. The number of nitriles is 1. The minimum Gasteiger partial charge on any atom is -0.312 e. The van der Waals surface area contributed by atoms with Crippen molar-refractivity contribution >= 4 is 0 Å². The highest BCUT2D eigenvalue weighted by Gasteiger charge is 1.92. The second-order valence-corrected chi connectivity index (χ2v) is 3.25. The Bertz CT molecular complexity index is 135. The molecule has 4 heteroatoms. The molecule has 0 bridgehead atoms. The van der Waals surface area contributed by atoms with Crippen molar-refractivity contribution in [3.63, 3.8) is 0 Å². The largest absolute Gasteiger partial charge is 0.312 e. The Kier molecular flexibility index (Phi) is 24.6. The maximum atomic E-state index is 7.81. The van der Waals surface area contributed by atoms with Crippen LogP contribution in [-0.2, 0) is 4.84 Å². The van der Waals surface area contributed by atoms with Crippen molar-refractivity contribution in [1.29, 1.82) is 5.26 Å². The molecule has 15 heavy (non-hydrogen) atoms. The average Bonchev–Trinajstić information content (AvgIpc) is 2.16. The van der Waals surface area contributed by atoms with E-state index in [9.17, 15) is 0 Å². The lowest BCUT2D eigenvalue weighted by Crippen LogP contribution is -2.29. The summed E-state index contributed by atoms with van der Waals surface area (Å²) in [4.78, 5) is 4.06. The van der Waals surface area contributed by atoms with Crippen LogP contribution < -0.4 is 11.2 Å². The minimum atomic E-state index is 0.330. The van der Waals surface area contributed by atoms with Gasteiger partial charge < -0.3 is 10.2 Å². The lowest BCUT2D eigenvalue weighted by atomic mass is 10.3. The summed E-state index contributed by atoms with van der Waals surface area (Å²) < 4.78 is 0. The van der Waals surface area contributed by atoms with Crippen LogP contribution in [0.3, 0.4) is 0 Å². The zero-order valence-electron chi connectivity index (χ0n) is 10.4. The highest BCUT2D eigenvalue weighted by molar-refractivity contribution is 4.66. The topological polar surface area (TPSA) is 71.1 Å². The minimum absolute atomic E-state index is 0.330. The molecule has 0 aliphatic rings. The Labute approximate surface area is 94.1 Å². The van der Waals surface area contributed by atoms with E-state index < -0.39 is 0 Å². The standard InChI is InChI=1S/C6H15N.C3H6N2O.C2H4/c1-5(2)7-6(3)4;4-2-1-3-6-5;1-2/h5-7H,1-4H3;1,3,5H2;1-2H2. The Balaban J connectivity index is -0.000000166. The van der Waals surface area contributed by atoms with Crippen molar-refractivity contribution < 1.29 is 4.84 Å². The van der Waals surface area contributed by atoms with E-state index >= 15 is 0 Å². The van der Waals surface area contributed by atoms with Crippen molar-refractivity contribution in [3.05, 3.63) is 13.2 Å². The predicted molar refractivity (Wildman–Crippen MR) is 65.0 cm³/mol. The molecular weight excluding hydrogens is 190 g/mol. The first-order valence-electron chi connectivity index (χ1n) is 4.99. The first-order chi connectivity index (χ1) is 7.04. The van der Waals surface area contributed by atoms with Gasteiger partial charge in [0.2, 0.25) is 0 Å². The fourth-order valence-electron chi connectivity index (χ4n) is 0.771. The molecule has 0 amide bonds. The van der Waals surface area contributed by atoms with Gasteiger partial charge in [-0.15, -0.1) is 13.2 Å². The van der Waals surface area contributed by atoms with Gasteiger partial charge >= 0.3 is 0 Å². The first kappa shape index (κ1) is 19.6. The van der Waals surface area contributed by atoms with Gasteiger partial charge in [-0.25, -0.2) is 5.90 Å². The Hall–Kier alpha value is -0.890. The summed E-state index contributed by atoms with van der Waals surface area (Å²) in [5, 5.41) is 11.1. The van der Waals surface area contributed by atoms with Crippen molar-refractivity contribution in [2.75, 3.05) is 6.61 Å². The predicted octanol–water partition coefficient (Wildman–Crippen LogP) is 1.99. The van der Waals surface area contributed by atoms with Crippen LogP contribution in [0.1, 0.15) is 34.1 Å². The third-order valence-electron chi connectivity index (χ3n) is 0.998. The molecule has 0 aliphatic carbocycles. The molecule has 0 aromatic rings. The van der Waals surface area contributed by atoms with E-state index in [0.29, 0.717) is 25.1 Å². The molecule has 0 aliphatic heterocycles. The molecular formula is C11H25N3O. The average molecular weight is 215 g/mol. The maximum absolute atomic E-state index is 7.81. The van der Waals surface area contributed by atoms with Crippen molar-refractivity contribution in [2.45, 2.75) is 46.2 Å². The first-order valence-corrected chi connectivity index (χ1v) is 4.99. The monoisotopic (exact) mass is 215 g/mol. The van der Waals surface area contributed by atoms with E-state index in [0.717, 1.165) is 0 Å². The highest BCUT2D eigenvalue weighted by atomic mass is 16.6. The van der Waals surface area contributed by atoms with Crippen LogP contribution in [-0.4, -0.2) is 18.7 Å². The number of rotatable bonds is 4. The van der Waals surface area contributed by atoms with Crippen LogP contribution in [0, 0.1) is 11.3 Å². The second kappa shape index (κ2) is 18.8. The van der Waals surface area contributed by atoms with E-state index in [1.165, 1.54) is 0 Å². The SMILES string of the molecule is C=C.CC(C)NC(C)C.N#CCCON. The zero-order chi connectivity index (χ0) is 12.7. The molecule has 0 heterocycles. The van der Waals surface area contributed by atoms with Gasteiger partial charge in [-0.05, 0) is 0 Å². The summed E-state index contributed by atoms with van der Waals surface area (Å²) in [6.45, 7) is 14.9. The summed E-state index contributed by atoms with van der Waals surface area (Å²) in [6.07, 6.45) is 0.372. The van der Waals surface area contributed by atoms with Gasteiger partial charge in [0.25, 0.3) is 0 Å². The van der Waals surface area contributed by atoms with Gasteiger partial charge in [0.1, 0.15) is 0 Å². The van der Waals surface area contributed by atoms with Gasteiger partial charge in [-0.2, -0.15) is 5.26 Å². The molecule has 0 saturated carbocycles. The molecule has 0 aromatic heterocycles. The van der Waals surface area contributed by atoms with Crippen molar-refractivity contribution in [2.24, 2.45) is 5.90 Å². The lowest BCUT2D eigenvalue weighted by molar-refractivity contribution is 0.144. The molecule has 0 aromatic carbocycles. The molecule has 3 N–H and O–H groups in total. The number of hydrogen-bond acceptors (Lipinski definition) is 4. The van der Waals surface area contributed by atoms with Gasteiger partial charge in [0.15, 0.2) is 0 Å². The van der Waals surface area contributed by atoms with E-state index in [-0.39, 0.29) is 0 Å². The lowest BCUT2D eigenvalue weighted by Gasteiger charge is -2.10.